The Balaban J connectivity index is 2.36. The molecule has 0 radical (unpaired) electrons. The van der Waals surface area contributed by atoms with Gasteiger partial charge in [-0.05, 0) is 33.2 Å². The van der Waals surface area contributed by atoms with E-state index >= 15 is 0 Å². The molecule has 0 aliphatic carbocycles. The molecule has 4 nitrogen and oxygen atoms in total. The van der Waals surface area contributed by atoms with Crippen LogP contribution in [0, 0.1) is 13.8 Å². The fourth-order valence-corrected chi connectivity index (χ4v) is 3.42. The average Bonchev–Trinajstić information content (AvgIpc) is 2.99. The van der Waals surface area contributed by atoms with Gasteiger partial charge in [-0.3, -0.25) is 0 Å². The van der Waals surface area contributed by atoms with Crippen molar-refractivity contribution in [1.82, 2.24) is 19.9 Å². The van der Waals surface area contributed by atoms with E-state index in [1.807, 2.05) is 6.20 Å². The van der Waals surface area contributed by atoms with E-state index in [1.54, 1.807) is 11.3 Å². The van der Waals surface area contributed by atoms with Gasteiger partial charge in [-0.25, -0.2) is 9.97 Å². The molecule has 1 N–H and O–H groups in total. The lowest BCUT2D eigenvalue weighted by atomic mass is 10.2. The summed E-state index contributed by atoms with van der Waals surface area (Å²) < 4.78 is 2.25. The maximum absolute atomic E-state index is 4.59. The van der Waals surface area contributed by atoms with Gasteiger partial charge in [0.2, 0.25) is 0 Å². The zero-order chi connectivity index (χ0) is 14.5. The molecule has 0 amide bonds. The van der Waals surface area contributed by atoms with Gasteiger partial charge in [0.25, 0.3) is 0 Å². The van der Waals surface area contributed by atoms with Crippen molar-refractivity contribution in [3.05, 3.63) is 33.8 Å². The van der Waals surface area contributed by atoms with Crippen LogP contribution in [-0.2, 0) is 6.54 Å². The number of imidazole rings is 1. The van der Waals surface area contributed by atoms with Crippen molar-refractivity contribution in [2.45, 2.75) is 53.1 Å². The molecule has 1 unspecified atom stereocenters. The van der Waals surface area contributed by atoms with Gasteiger partial charge < -0.3 is 9.88 Å². The summed E-state index contributed by atoms with van der Waals surface area (Å²) in [5.74, 6) is 1.10. The average molecular weight is 292 g/mol. The lowest BCUT2D eigenvalue weighted by Crippen LogP contribution is -2.26. The molecule has 0 bridgehead atoms. The van der Waals surface area contributed by atoms with E-state index in [4.69, 9.17) is 0 Å². The Morgan fingerprint density at radius 2 is 2.10 bits per heavy atom. The van der Waals surface area contributed by atoms with Gasteiger partial charge >= 0.3 is 0 Å². The maximum Gasteiger partial charge on any atom is 0.131 e. The third kappa shape index (κ3) is 3.27. The Bertz CT molecular complexity index is 544. The zero-order valence-corrected chi connectivity index (χ0v) is 13.6. The third-order valence-corrected chi connectivity index (χ3v) is 4.41. The molecule has 0 aromatic carbocycles. The van der Waals surface area contributed by atoms with Gasteiger partial charge in [-0.15, -0.1) is 11.3 Å². The van der Waals surface area contributed by atoms with Crippen molar-refractivity contribution in [3.8, 4) is 0 Å². The summed E-state index contributed by atoms with van der Waals surface area (Å²) in [7, 11) is 0. The molecule has 20 heavy (non-hydrogen) atoms. The standard InChI is InChI=1S/C15H24N4S/c1-5-7-16-13(14-11(3)18-12(4)20-14)15-17-8-10-19(15)9-6-2/h8,10,13,16H,5-7,9H2,1-4H3. The zero-order valence-electron chi connectivity index (χ0n) is 12.8. The molecule has 2 rings (SSSR count). The second-order valence-electron chi connectivity index (χ2n) is 5.05. The van der Waals surface area contributed by atoms with E-state index in [2.05, 4.69) is 53.7 Å². The molecule has 0 aliphatic rings. The number of aromatic nitrogens is 3. The minimum Gasteiger partial charge on any atom is -0.333 e. The van der Waals surface area contributed by atoms with Crippen LogP contribution in [0.25, 0.3) is 0 Å². The number of thiazole rings is 1. The molecule has 5 heteroatoms. The largest absolute Gasteiger partial charge is 0.333 e. The second-order valence-corrected chi connectivity index (χ2v) is 6.28. The predicted molar refractivity (Wildman–Crippen MR) is 84.2 cm³/mol. The van der Waals surface area contributed by atoms with Crippen LogP contribution in [0.2, 0.25) is 0 Å². The van der Waals surface area contributed by atoms with Crippen molar-refractivity contribution in [2.75, 3.05) is 6.54 Å². The van der Waals surface area contributed by atoms with Crippen LogP contribution in [0.5, 0.6) is 0 Å². The summed E-state index contributed by atoms with van der Waals surface area (Å²) >= 11 is 1.77. The van der Waals surface area contributed by atoms with Crippen molar-refractivity contribution in [2.24, 2.45) is 0 Å². The van der Waals surface area contributed by atoms with E-state index in [9.17, 15) is 0 Å². The molecule has 110 valence electrons. The molecule has 0 fully saturated rings. The van der Waals surface area contributed by atoms with Crippen LogP contribution >= 0.6 is 11.3 Å². The van der Waals surface area contributed by atoms with Crippen LogP contribution < -0.4 is 5.32 Å². The van der Waals surface area contributed by atoms with Crippen LogP contribution in [0.15, 0.2) is 12.4 Å². The van der Waals surface area contributed by atoms with Crippen LogP contribution in [-0.4, -0.2) is 21.1 Å². The van der Waals surface area contributed by atoms with Gasteiger partial charge in [0, 0.05) is 18.9 Å². The summed E-state index contributed by atoms with van der Waals surface area (Å²) in [5.41, 5.74) is 1.12. The van der Waals surface area contributed by atoms with Gasteiger partial charge in [0.15, 0.2) is 0 Å². The fourth-order valence-electron chi connectivity index (χ4n) is 2.42. The SMILES string of the molecule is CCCNC(c1sc(C)nc1C)c1nccn1CCC. The molecular formula is C15H24N4S. The second kappa shape index (κ2) is 6.99. The summed E-state index contributed by atoms with van der Waals surface area (Å²) in [4.78, 5) is 10.5. The van der Waals surface area contributed by atoms with E-state index in [1.165, 1.54) is 4.88 Å². The van der Waals surface area contributed by atoms with E-state index in [0.29, 0.717) is 0 Å². The molecular weight excluding hydrogens is 268 g/mol. The van der Waals surface area contributed by atoms with Gasteiger partial charge in [0.05, 0.1) is 15.6 Å². The minimum atomic E-state index is 0.155. The van der Waals surface area contributed by atoms with Crippen molar-refractivity contribution >= 4 is 11.3 Å². The first kappa shape index (κ1) is 15.2. The third-order valence-electron chi connectivity index (χ3n) is 3.27. The minimum absolute atomic E-state index is 0.155. The number of nitrogens with zero attached hydrogens (tertiary/aromatic N) is 3. The summed E-state index contributed by atoms with van der Waals surface area (Å²) in [6, 6.07) is 0.155. The molecule has 0 saturated carbocycles. The van der Waals surface area contributed by atoms with E-state index < -0.39 is 0 Å². The van der Waals surface area contributed by atoms with Crippen molar-refractivity contribution in [1.29, 1.82) is 0 Å². The first-order chi connectivity index (χ1) is 9.67. The Hall–Kier alpha value is -1.20. The Morgan fingerprint density at radius 3 is 2.70 bits per heavy atom. The Morgan fingerprint density at radius 1 is 1.30 bits per heavy atom. The maximum atomic E-state index is 4.59. The topological polar surface area (TPSA) is 42.7 Å². The summed E-state index contributed by atoms with van der Waals surface area (Å²) in [5, 5.41) is 4.75. The number of hydrogen-bond donors (Lipinski definition) is 1. The van der Waals surface area contributed by atoms with Crippen LogP contribution in [0.3, 0.4) is 0 Å². The normalized spacial score (nSPS) is 12.8. The van der Waals surface area contributed by atoms with Crippen LogP contribution in [0.4, 0.5) is 0 Å². The number of hydrogen-bond acceptors (Lipinski definition) is 4. The van der Waals surface area contributed by atoms with Gasteiger partial charge in [0.1, 0.15) is 11.9 Å². The quantitative estimate of drug-likeness (QED) is 0.850. The molecule has 0 saturated heterocycles. The molecule has 1 atom stereocenters. The van der Waals surface area contributed by atoms with Gasteiger partial charge in [-0.2, -0.15) is 0 Å². The molecule has 2 aromatic heterocycles. The first-order valence-corrected chi connectivity index (χ1v) is 8.17. The van der Waals surface area contributed by atoms with Crippen molar-refractivity contribution < 1.29 is 0 Å². The fraction of sp³-hybridized carbons (Fsp3) is 0.600. The number of nitrogens with one attached hydrogen (secondary N) is 1. The lowest BCUT2D eigenvalue weighted by molar-refractivity contribution is 0.533. The van der Waals surface area contributed by atoms with Crippen molar-refractivity contribution in [3.63, 3.8) is 0 Å². The first-order valence-electron chi connectivity index (χ1n) is 7.35. The number of aryl methyl sites for hydroxylation is 3. The van der Waals surface area contributed by atoms with Crippen LogP contribution in [0.1, 0.15) is 54.1 Å². The molecule has 0 spiro atoms. The van der Waals surface area contributed by atoms with Gasteiger partial charge in [-0.1, -0.05) is 13.8 Å². The Kier molecular flexibility index (Phi) is 5.31. The molecule has 2 aromatic rings. The lowest BCUT2D eigenvalue weighted by Gasteiger charge is -2.19. The molecule has 0 aliphatic heterocycles. The monoisotopic (exact) mass is 292 g/mol. The smallest absolute Gasteiger partial charge is 0.131 e. The summed E-state index contributed by atoms with van der Waals surface area (Å²) in [6.45, 7) is 10.5. The Labute approximate surface area is 125 Å². The highest BCUT2D eigenvalue weighted by atomic mass is 32.1. The van der Waals surface area contributed by atoms with E-state index in [-0.39, 0.29) is 6.04 Å². The predicted octanol–water partition coefficient (Wildman–Crippen LogP) is 3.46. The summed E-state index contributed by atoms with van der Waals surface area (Å²) in [6.07, 6.45) is 6.20. The highest BCUT2D eigenvalue weighted by Crippen LogP contribution is 2.29. The van der Waals surface area contributed by atoms with E-state index in [0.717, 1.165) is 42.5 Å². The highest BCUT2D eigenvalue weighted by molar-refractivity contribution is 7.11. The highest BCUT2D eigenvalue weighted by Gasteiger charge is 2.22. The number of rotatable bonds is 7. The molecule has 2 heterocycles.